The first-order valence-corrected chi connectivity index (χ1v) is 9.25. The molecule has 8 heteroatoms. The Hall–Kier alpha value is -2.51. The Balaban J connectivity index is 1.79. The fraction of sp³-hybridized carbons (Fsp3) is 0.500. The molecule has 28 heavy (non-hydrogen) atoms. The minimum Gasteiger partial charge on any atom is -0.361 e. The molecule has 2 aromatic rings. The summed E-state index contributed by atoms with van der Waals surface area (Å²) in [4.78, 5) is 4.17. The zero-order chi connectivity index (χ0) is 20.7. The van der Waals surface area contributed by atoms with Crippen LogP contribution >= 0.6 is 0 Å². The van der Waals surface area contributed by atoms with Gasteiger partial charge in [0.25, 0.3) is 0 Å². The van der Waals surface area contributed by atoms with Crippen molar-refractivity contribution in [2.24, 2.45) is 4.99 Å². The fourth-order valence-electron chi connectivity index (χ4n) is 2.98. The Labute approximate surface area is 163 Å². The number of halogens is 3. The summed E-state index contributed by atoms with van der Waals surface area (Å²) in [6, 6.07) is 5.51. The summed E-state index contributed by atoms with van der Waals surface area (Å²) in [5, 5.41) is 10.4. The maximum absolute atomic E-state index is 12.9. The summed E-state index contributed by atoms with van der Waals surface area (Å²) in [5.74, 6) is 1.47. The second-order valence-corrected chi connectivity index (χ2v) is 6.79. The fourth-order valence-corrected chi connectivity index (χ4v) is 2.98. The normalized spacial score (nSPS) is 13.5. The van der Waals surface area contributed by atoms with Gasteiger partial charge in [0.1, 0.15) is 5.76 Å². The lowest BCUT2D eigenvalue weighted by Gasteiger charge is -2.16. The number of hydrogen-bond acceptors (Lipinski definition) is 3. The number of aliphatic imine (C=N–C) groups is 1. The zero-order valence-electron chi connectivity index (χ0n) is 16.7. The van der Waals surface area contributed by atoms with E-state index in [0.717, 1.165) is 29.5 Å². The number of benzene rings is 1. The van der Waals surface area contributed by atoms with Gasteiger partial charge in [-0.2, -0.15) is 13.2 Å². The number of aromatic nitrogens is 1. The van der Waals surface area contributed by atoms with Crippen molar-refractivity contribution in [3.63, 3.8) is 0 Å². The van der Waals surface area contributed by atoms with Crippen LogP contribution in [0.5, 0.6) is 0 Å². The number of hydrogen-bond donors (Lipinski definition) is 2. The molecule has 2 rings (SSSR count). The maximum Gasteiger partial charge on any atom is 0.416 e. The minimum absolute atomic E-state index is 0.00444. The molecule has 0 spiro atoms. The van der Waals surface area contributed by atoms with Gasteiger partial charge in [0, 0.05) is 25.7 Å². The summed E-state index contributed by atoms with van der Waals surface area (Å²) in [7, 11) is 1.68. The van der Waals surface area contributed by atoms with Crippen molar-refractivity contribution in [3.8, 4) is 0 Å². The lowest BCUT2D eigenvalue weighted by Crippen LogP contribution is -2.39. The first kappa shape index (κ1) is 21.8. The molecule has 0 aliphatic carbocycles. The highest BCUT2D eigenvalue weighted by Gasteiger charge is 2.30. The predicted octanol–water partition coefficient (Wildman–Crippen LogP) is 4.21. The van der Waals surface area contributed by atoms with E-state index >= 15 is 0 Å². The van der Waals surface area contributed by atoms with Crippen LogP contribution in [0.15, 0.2) is 33.8 Å². The first-order valence-electron chi connectivity index (χ1n) is 9.25. The highest BCUT2D eigenvalue weighted by atomic mass is 19.4. The van der Waals surface area contributed by atoms with Gasteiger partial charge in [0.15, 0.2) is 5.96 Å². The lowest BCUT2D eigenvalue weighted by molar-refractivity contribution is -0.137. The Kier molecular flexibility index (Phi) is 7.48. The number of guanidine groups is 1. The molecule has 0 saturated heterocycles. The van der Waals surface area contributed by atoms with Crippen LogP contribution in [-0.2, 0) is 12.6 Å². The van der Waals surface area contributed by atoms with E-state index in [1.165, 1.54) is 12.1 Å². The number of nitrogens with zero attached hydrogens (tertiary/aromatic N) is 2. The predicted molar refractivity (Wildman–Crippen MR) is 104 cm³/mol. The van der Waals surface area contributed by atoms with Gasteiger partial charge in [-0.05, 0) is 44.2 Å². The average Bonchev–Trinajstić information content (AvgIpc) is 2.98. The molecular formula is C20H27F3N4O. The van der Waals surface area contributed by atoms with E-state index in [1.807, 2.05) is 20.8 Å². The molecule has 1 atom stereocenters. The molecule has 0 aliphatic heterocycles. The van der Waals surface area contributed by atoms with Crippen molar-refractivity contribution in [1.82, 2.24) is 15.8 Å². The van der Waals surface area contributed by atoms with Crippen molar-refractivity contribution in [1.29, 1.82) is 0 Å². The molecule has 0 fully saturated rings. The number of aryl methyl sites for hydroxylation is 2. The van der Waals surface area contributed by atoms with Crippen LogP contribution in [0.3, 0.4) is 0 Å². The molecule has 0 aliphatic rings. The van der Waals surface area contributed by atoms with Gasteiger partial charge in [-0.15, -0.1) is 0 Å². The first-order chi connectivity index (χ1) is 13.2. The molecule has 1 heterocycles. The van der Waals surface area contributed by atoms with E-state index in [-0.39, 0.29) is 5.92 Å². The second-order valence-electron chi connectivity index (χ2n) is 6.79. The van der Waals surface area contributed by atoms with E-state index in [4.69, 9.17) is 4.52 Å². The van der Waals surface area contributed by atoms with Crippen molar-refractivity contribution in [2.75, 3.05) is 20.1 Å². The third-order valence-corrected chi connectivity index (χ3v) is 4.73. The molecule has 2 N–H and O–H groups in total. The van der Waals surface area contributed by atoms with Gasteiger partial charge in [0.2, 0.25) is 0 Å². The van der Waals surface area contributed by atoms with Crippen LogP contribution in [0.2, 0.25) is 0 Å². The van der Waals surface area contributed by atoms with E-state index < -0.39 is 11.7 Å². The summed E-state index contributed by atoms with van der Waals surface area (Å²) >= 11 is 0. The summed E-state index contributed by atoms with van der Waals surface area (Å²) in [6.45, 7) is 6.99. The molecule has 0 radical (unpaired) electrons. The van der Waals surface area contributed by atoms with Crippen molar-refractivity contribution >= 4 is 5.96 Å². The van der Waals surface area contributed by atoms with Gasteiger partial charge < -0.3 is 15.2 Å². The third-order valence-electron chi connectivity index (χ3n) is 4.73. The summed E-state index contributed by atoms with van der Waals surface area (Å²) in [5.41, 5.74) is 2.04. The van der Waals surface area contributed by atoms with Crippen LogP contribution in [-0.4, -0.2) is 31.3 Å². The van der Waals surface area contributed by atoms with Gasteiger partial charge >= 0.3 is 6.18 Å². The minimum atomic E-state index is -4.32. The van der Waals surface area contributed by atoms with Crippen LogP contribution in [0, 0.1) is 13.8 Å². The van der Waals surface area contributed by atoms with E-state index in [0.29, 0.717) is 31.0 Å². The quantitative estimate of drug-likeness (QED) is 0.544. The monoisotopic (exact) mass is 396 g/mol. The van der Waals surface area contributed by atoms with E-state index in [9.17, 15) is 13.2 Å². The molecule has 0 bridgehead atoms. The van der Waals surface area contributed by atoms with Gasteiger partial charge in [-0.3, -0.25) is 4.99 Å². The molecule has 1 unspecified atom stereocenters. The standard InChI is InChI=1S/C20H27F3N4O/c1-13(16-6-5-7-17(12-16)20(21,22)23)8-10-25-19(24-4)26-11-9-18-14(2)27-28-15(18)3/h5-7,12-13H,8-11H2,1-4H3,(H2,24,25,26). The van der Waals surface area contributed by atoms with Crippen molar-refractivity contribution < 1.29 is 17.7 Å². The topological polar surface area (TPSA) is 62.5 Å². The molecule has 5 nitrogen and oxygen atoms in total. The largest absolute Gasteiger partial charge is 0.416 e. The third kappa shape index (κ3) is 6.00. The number of rotatable bonds is 7. The average molecular weight is 396 g/mol. The Morgan fingerprint density at radius 3 is 2.54 bits per heavy atom. The Bertz CT molecular complexity index is 779. The lowest BCUT2D eigenvalue weighted by atomic mass is 9.96. The highest BCUT2D eigenvalue weighted by Crippen LogP contribution is 2.31. The Morgan fingerprint density at radius 1 is 1.21 bits per heavy atom. The maximum atomic E-state index is 12.9. The zero-order valence-corrected chi connectivity index (χ0v) is 16.7. The molecular weight excluding hydrogens is 369 g/mol. The number of nitrogens with one attached hydrogen (secondary N) is 2. The van der Waals surface area contributed by atoms with Crippen LogP contribution in [0.4, 0.5) is 13.2 Å². The van der Waals surface area contributed by atoms with Gasteiger partial charge in [0.05, 0.1) is 11.3 Å². The molecule has 154 valence electrons. The smallest absolute Gasteiger partial charge is 0.361 e. The molecule has 1 aromatic carbocycles. The van der Waals surface area contributed by atoms with E-state index in [1.54, 1.807) is 13.1 Å². The van der Waals surface area contributed by atoms with Gasteiger partial charge in [-0.1, -0.05) is 30.3 Å². The van der Waals surface area contributed by atoms with Crippen molar-refractivity contribution in [2.45, 2.75) is 45.7 Å². The van der Waals surface area contributed by atoms with Crippen LogP contribution in [0.25, 0.3) is 0 Å². The SMILES string of the molecule is CN=C(NCCc1c(C)noc1C)NCCC(C)c1cccc(C(F)(F)F)c1. The van der Waals surface area contributed by atoms with Crippen molar-refractivity contribution in [3.05, 3.63) is 52.4 Å². The van der Waals surface area contributed by atoms with Crippen LogP contribution in [0.1, 0.15) is 47.4 Å². The van der Waals surface area contributed by atoms with E-state index in [2.05, 4.69) is 20.8 Å². The van der Waals surface area contributed by atoms with Gasteiger partial charge in [-0.25, -0.2) is 0 Å². The summed E-state index contributed by atoms with van der Waals surface area (Å²) < 4.78 is 43.7. The summed E-state index contributed by atoms with van der Waals surface area (Å²) in [6.07, 6.45) is -2.87. The Morgan fingerprint density at radius 2 is 1.93 bits per heavy atom. The second kappa shape index (κ2) is 9.61. The van der Waals surface area contributed by atoms with Crippen LogP contribution < -0.4 is 10.6 Å². The molecule has 0 amide bonds. The highest BCUT2D eigenvalue weighted by molar-refractivity contribution is 5.79. The molecule has 1 aromatic heterocycles. The number of alkyl halides is 3. The molecule has 0 saturated carbocycles.